The lowest BCUT2D eigenvalue weighted by molar-refractivity contribution is -0.546. The van der Waals surface area contributed by atoms with Gasteiger partial charge in [0.1, 0.15) is 0 Å². The maximum atomic E-state index is 12.5. The quantitative estimate of drug-likeness (QED) is 0.616. The van der Waals surface area contributed by atoms with E-state index in [1.54, 1.807) is 0 Å². The van der Waals surface area contributed by atoms with E-state index in [0.29, 0.717) is 5.92 Å². The summed E-state index contributed by atoms with van der Waals surface area (Å²) in [5.41, 5.74) is 0.251. The van der Waals surface area contributed by atoms with E-state index in [-0.39, 0.29) is 18.3 Å². The molecule has 5 heteroatoms. The van der Waals surface area contributed by atoms with Crippen LogP contribution in [0.25, 0.3) is 0 Å². The van der Waals surface area contributed by atoms with E-state index < -0.39 is 17.7 Å². The molecular weight excluding hydrogens is 320 g/mol. The van der Waals surface area contributed by atoms with E-state index in [1.165, 1.54) is 0 Å². The first-order chi connectivity index (χ1) is 12.0. The molecule has 3 saturated heterocycles. The Labute approximate surface area is 148 Å². The van der Waals surface area contributed by atoms with Gasteiger partial charge in [0.25, 0.3) is 0 Å². The Balaban J connectivity index is 1.56. The van der Waals surface area contributed by atoms with E-state index >= 15 is 0 Å². The maximum Gasteiger partial charge on any atom is 0.312 e. The summed E-state index contributed by atoms with van der Waals surface area (Å²) in [5.74, 6) is -0.362. The summed E-state index contributed by atoms with van der Waals surface area (Å²) in [6, 6.07) is 9.61. The molecule has 0 aromatic heterocycles. The number of fused-ring (bicyclic) bond motifs is 3. The molecule has 136 valence electrons. The van der Waals surface area contributed by atoms with Crippen LogP contribution in [0, 0.1) is 11.8 Å². The minimum Gasteiger partial charge on any atom is -0.432 e. The molecule has 1 aromatic rings. The van der Waals surface area contributed by atoms with Crippen LogP contribution in [0.3, 0.4) is 0 Å². The Hall–Kier alpha value is -1.43. The first-order valence-corrected chi connectivity index (χ1v) is 9.29. The highest BCUT2D eigenvalue weighted by Gasteiger charge is 2.62. The molecule has 2 bridgehead atoms. The zero-order valence-corrected chi connectivity index (χ0v) is 14.9. The lowest BCUT2D eigenvalue weighted by Crippen LogP contribution is -2.61. The standard InChI is InChI=1S/C20H26O5/c1-14-7-6-11-20-16(14)10-12-19(2,24-25-20)23-18(20)22-17(21)13-15-8-4-3-5-9-15/h3-5,8-9,14,16,18H,6-7,10-13H2,1-2H3/t14-,16+,18-,19-,20+/m1/s1. The predicted molar refractivity (Wildman–Crippen MR) is 90.2 cm³/mol. The molecule has 1 spiro atoms. The van der Waals surface area contributed by atoms with Gasteiger partial charge in [-0.3, -0.25) is 4.79 Å². The largest absolute Gasteiger partial charge is 0.432 e. The van der Waals surface area contributed by atoms with Crippen LogP contribution in [-0.2, 0) is 30.5 Å². The smallest absolute Gasteiger partial charge is 0.312 e. The molecular formula is C20H26O5. The van der Waals surface area contributed by atoms with Crippen molar-refractivity contribution in [1.82, 2.24) is 0 Å². The summed E-state index contributed by atoms with van der Waals surface area (Å²) in [4.78, 5) is 24.1. The Bertz CT molecular complexity index is 632. The Kier molecular flexibility index (Phi) is 4.34. The van der Waals surface area contributed by atoms with Gasteiger partial charge in [-0.2, -0.15) is 0 Å². The number of hydrogen-bond acceptors (Lipinski definition) is 5. The summed E-state index contributed by atoms with van der Waals surface area (Å²) < 4.78 is 11.9. The van der Waals surface area contributed by atoms with Crippen LogP contribution >= 0.6 is 0 Å². The first kappa shape index (κ1) is 17.0. The molecule has 5 nitrogen and oxygen atoms in total. The van der Waals surface area contributed by atoms with Gasteiger partial charge in [-0.05, 0) is 37.7 Å². The number of carbonyl (C=O) groups is 1. The van der Waals surface area contributed by atoms with E-state index in [2.05, 4.69) is 6.92 Å². The topological polar surface area (TPSA) is 54.0 Å². The van der Waals surface area contributed by atoms with Crippen molar-refractivity contribution in [3.63, 3.8) is 0 Å². The van der Waals surface area contributed by atoms with Crippen molar-refractivity contribution in [1.29, 1.82) is 0 Å². The van der Waals surface area contributed by atoms with Crippen molar-refractivity contribution in [2.24, 2.45) is 11.8 Å². The zero-order chi connectivity index (χ0) is 17.5. The monoisotopic (exact) mass is 346 g/mol. The van der Waals surface area contributed by atoms with Gasteiger partial charge in [-0.25, -0.2) is 9.78 Å². The number of rotatable bonds is 3. The SMILES string of the molecule is C[C@@H]1CCC[C@]23OO[C@](C)(CC[C@@H]12)O[C@H]3OC(=O)Cc1ccccc1. The maximum absolute atomic E-state index is 12.5. The molecule has 1 saturated carbocycles. The molecule has 5 rings (SSSR count). The van der Waals surface area contributed by atoms with Crippen LogP contribution in [0.5, 0.6) is 0 Å². The lowest BCUT2D eigenvalue weighted by Gasteiger charge is -2.50. The molecule has 0 radical (unpaired) electrons. The molecule has 1 aromatic carbocycles. The van der Waals surface area contributed by atoms with Gasteiger partial charge in [0.15, 0.2) is 5.60 Å². The van der Waals surface area contributed by atoms with Crippen molar-refractivity contribution < 1.29 is 24.0 Å². The van der Waals surface area contributed by atoms with Gasteiger partial charge in [0, 0.05) is 12.3 Å². The van der Waals surface area contributed by atoms with E-state index in [1.807, 2.05) is 37.3 Å². The van der Waals surface area contributed by atoms with Crippen LogP contribution < -0.4 is 0 Å². The van der Waals surface area contributed by atoms with Gasteiger partial charge in [0.05, 0.1) is 6.42 Å². The average Bonchev–Trinajstić information content (AvgIpc) is 2.81. The van der Waals surface area contributed by atoms with Gasteiger partial charge < -0.3 is 9.47 Å². The third-order valence-corrected chi connectivity index (χ3v) is 6.01. The summed E-state index contributed by atoms with van der Waals surface area (Å²) in [6.07, 6.45) is 4.21. The number of hydrogen-bond donors (Lipinski definition) is 0. The third kappa shape index (κ3) is 3.09. The molecule has 0 unspecified atom stereocenters. The summed E-state index contributed by atoms with van der Waals surface area (Å²) in [5, 5.41) is 0. The Morgan fingerprint density at radius 2 is 2.00 bits per heavy atom. The van der Waals surface area contributed by atoms with Gasteiger partial charge >= 0.3 is 5.97 Å². The fourth-order valence-electron chi connectivity index (χ4n) is 4.61. The molecule has 4 fully saturated rings. The first-order valence-electron chi connectivity index (χ1n) is 9.29. The van der Waals surface area contributed by atoms with Crippen molar-refractivity contribution in [2.75, 3.05) is 0 Å². The molecule has 25 heavy (non-hydrogen) atoms. The number of esters is 1. The van der Waals surface area contributed by atoms with Crippen LogP contribution in [0.4, 0.5) is 0 Å². The van der Waals surface area contributed by atoms with E-state index in [9.17, 15) is 4.79 Å². The highest BCUT2D eigenvalue weighted by atomic mass is 17.3. The second kappa shape index (κ2) is 6.38. The third-order valence-electron chi connectivity index (χ3n) is 6.01. The van der Waals surface area contributed by atoms with Crippen molar-refractivity contribution in [2.45, 2.75) is 70.1 Å². The number of ether oxygens (including phenoxy) is 2. The molecule has 3 aliphatic heterocycles. The Morgan fingerprint density at radius 1 is 1.20 bits per heavy atom. The number of carbonyl (C=O) groups excluding carboxylic acids is 1. The van der Waals surface area contributed by atoms with Crippen LogP contribution in [0.15, 0.2) is 30.3 Å². The highest BCUT2D eigenvalue weighted by molar-refractivity contribution is 5.72. The molecule has 5 atom stereocenters. The lowest BCUT2D eigenvalue weighted by atomic mass is 9.67. The fraction of sp³-hybridized carbons (Fsp3) is 0.650. The minimum absolute atomic E-state index is 0.231. The van der Waals surface area contributed by atoms with Gasteiger partial charge in [0.2, 0.25) is 12.1 Å². The molecule has 1 aliphatic carbocycles. The Morgan fingerprint density at radius 3 is 2.80 bits per heavy atom. The van der Waals surface area contributed by atoms with Crippen molar-refractivity contribution in [3.05, 3.63) is 35.9 Å². The summed E-state index contributed by atoms with van der Waals surface area (Å²) >= 11 is 0. The number of benzene rings is 1. The van der Waals surface area contributed by atoms with Gasteiger partial charge in [-0.15, -0.1) is 0 Å². The molecule has 0 N–H and O–H groups in total. The highest BCUT2D eigenvalue weighted by Crippen LogP contribution is 2.53. The average molecular weight is 346 g/mol. The van der Waals surface area contributed by atoms with E-state index in [4.69, 9.17) is 19.2 Å². The van der Waals surface area contributed by atoms with Crippen molar-refractivity contribution in [3.8, 4) is 0 Å². The van der Waals surface area contributed by atoms with E-state index in [0.717, 1.165) is 37.7 Å². The molecule has 4 aliphatic rings. The van der Waals surface area contributed by atoms with Gasteiger partial charge in [-0.1, -0.05) is 43.7 Å². The normalized spacial score (nSPS) is 40.2. The fourth-order valence-corrected chi connectivity index (χ4v) is 4.61. The van der Waals surface area contributed by atoms with Crippen LogP contribution in [0.1, 0.15) is 51.5 Å². The molecule has 3 heterocycles. The second-order valence-corrected chi connectivity index (χ2v) is 7.87. The van der Waals surface area contributed by atoms with Crippen molar-refractivity contribution >= 4 is 5.97 Å². The van der Waals surface area contributed by atoms with Crippen LogP contribution in [-0.4, -0.2) is 23.6 Å². The van der Waals surface area contributed by atoms with Crippen LogP contribution in [0.2, 0.25) is 0 Å². The molecule has 0 amide bonds. The summed E-state index contributed by atoms with van der Waals surface area (Å²) in [6.45, 7) is 4.11. The zero-order valence-electron chi connectivity index (χ0n) is 14.9. The minimum atomic E-state index is -0.847. The second-order valence-electron chi connectivity index (χ2n) is 7.87. The predicted octanol–water partition coefficient (Wildman–Crippen LogP) is 3.76. The summed E-state index contributed by atoms with van der Waals surface area (Å²) in [7, 11) is 0.